The zero-order chi connectivity index (χ0) is 11.8. The van der Waals surface area contributed by atoms with Gasteiger partial charge in [0.2, 0.25) is 0 Å². The lowest BCUT2D eigenvalue weighted by molar-refractivity contribution is -0.141. The number of likely N-dealkylation sites (tertiary alicyclic amines) is 1. The van der Waals surface area contributed by atoms with Gasteiger partial charge in [-0.05, 0) is 39.4 Å². The molecule has 0 amide bonds. The van der Waals surface area contributed by atoms with Crippen LogP contribution in [0.1, 0.15) is 33.1 Å². The summed E-state index contributed by atoms with van der Waals surface area (Å²) in [5.74, 6) is 0. The number of nitrogens with one attached hydrogen (secondary N) is 1. The van der Waals surface area contributed by atoms with Crippen LogP contribution in [0.2, 0.25) is 0 Å². The molecule has 0 bridgehead atoms. The van der Waals surface area contributed by atoms with Crippen molar-refractivity contribution in [3.05, 3.63) is 0 Å². The van der Waals surface area contributed by atoms with E-state index in [9.17, 15) is 0 Å². The Labute approximate surface area is 99.5 Å². The minimum Gasteiger partial charge on any atom is -0.381 e. The zero-order valence-corrected chi connectivity index (χ0v) is 11.1. The molecule has 0 radical (unpaired) electrons. The van der Waals surface area contributed by atoms with Gasteiger partial charge in [-0.25, -0.2) is 0 Å². The molecule has 1 N–H and O–H groups in total. The minimum atomic E-state index is 0.335. The van der Waals surface area contributed by atoms with E-state index in [0.717, 1.165) is 12.1 Å². The number of hydrogen-bond donors (Lipinski definition) is 1. The quantitative estimate of drug-likeness (QED) is 0.789. The van der Waals surface area contributed by atoms with Gasteiger partial charge in [-0.15, -0.1) is 0 Å². The van der Waals surface area contributed by atoms with E-state index in [1.807, 2.05) is 7.11 Å². The standard InChI is InChI=1S/C13H26N2O/c1-13(2)11(9-12(13)16-4)15-7-5-10(14-3)6-8-15/h10-12,14H,5-9H2,1-4H3. The molecule has 3 heteroatoms. The molecule has 0 aromatic carbocycles. The molecule has 2 aliphatic rings. The first-order valence-electron chi connectivity index (χ1n) is 6.53. The molecule has 0 spiro atoms. The van der Waals surface area contributed by atoms with Crippen molar-refractivity contribution in [1.29, 1.82) is 0 Å². The molecule has 0 aromatic rings. The maximum Gasteiger partial charge on any atom is 0.0652 e. The average Bonchev–Trinajstić information content (AvgIpc) is 2.29. The van der Waals surface area contributed by atoms with E-state index in [1.54, 1.807) is 0 Å². The summed E-state index contributed by atoms with van der Waals surface area (Å²) in [6.07, 6.45) is 4.26. The van der Waals surface area contributed by atoms with Crippen LogP contribution in [0.15, 0.2) is 0 Å². The van der Waals surface area contributed by atoms with Gasteiger partial charge in [-0.3, -0.25) is 4.90 Å². The molecule has 0 aromatic heterocycles. The Morgan fingerprint density at radius 1 is 1.25 bits per heavy atom. The minimum absolute atomic E-state index is 0.335. The Morgan fingerprint density at radius 3 is 2.31 bits per heavy atom. The summed E-state index contributed by atoms with van der Waals surface area (Å²) in [4.78, 5) is 2.67. The number of rotatable bonds is 3. The number of nitrogens with zero attached hydrogens (tertiary/aromatic N) is 1. The van der Waals surface area contributed by atoms with Gasteiger partial charge in [-0.2, -0.15) is 0 Å². The van der Waals surface area contributed by atoms with Gasteiger partial charge in [0.05, 0.1) is 6.10 Å². The predicted octanol–water partition coefficient (Wildman–Crippen LogP) is 1.48. The first kappa shape index (κ1) is 12.3. The second-order valence-corrected chi connectivity index (χ2v) is 5.90. The molecule has 94 valence electrons. The molecule has 1 saturated carbocycles. The highest BCUT2D eigenvalue weighted by molar-refractivity contribution is 5.04. The van der Waals surface area contributed by atoms with Gasteiger partial charge in [0.1, 0.15) is 0 Å². The Morgan fingerprint density at radius 2 is 1.88 bits per heavy atom. The van der Waals surface area contributed by atoms with Crippen LogP contribution in [0.3, 0.4) is 0 Å². The number of methoxy groups -OCH3 is 1. The van der Waals surface area contributed by atoms with Crippen LogP contribution in [0.4, 0.5) is 0 Å². The first-order chi connectivity index (χ1) is 7.59. The molecule has 2 atom stereocenters. The molecule has 1 aliphatic carbocycles. The molecule has 16 heavy (non-hydrogen) atoms. The smallest absolute Gasteiger partial charge is 0.0652 e. The molecule has 2 fully saturated rings. The Balaban J connectivity index is 1.87. The molecule has 1 heterocycles. The third kappa shape index (κ3) is 2.01. The van der Waals surface area contributed by atoms with Gasteiger partial charge in [0.15, 0.2) is 0 Å². The normalized spacial score (nSPS) is 36.0. The van der Waals surface area contributed by atoms with E-state index in [1.165, 1.54) is 32.4 Å². The van der Waals surface area contributed by atoms with Crippen molar-refractivity contribution in [3.63, 3.8) is 0 Å². The molecule has 3 nitrogen and oxygen atoms in total. The van der Waals surface area contributed by atoms with Gasteiger partial charge < -0.3 is 10.1 Å². The highest BCUT2D eigenvalue weighted by atomic mass is 16.5. The highest BCUT2D eigenvalue weighted by Gasteiger charge is 2.51. The summed E-state index contributed by atoms with van der Waals surface area (Å²) in [5, 5.41) is 3.39. The van der Waals surface area contributed by atoms with Crippen LogP contribution < -0.4 is 5.32 Å². The molecule has 1 saturated heterocycles. The first-order valence-corrected chi connectivity index (χ1v) is 6.53. The fourth-order valence-electron chi connectivity index (χ4n) is 3.38. The second-order valence-electron chi connectivity index (χ2n) is 5.90. The van der Waals surface area contributed by atoms with E-state index in [2.05, 4.69) is 31.1 Å². The number of hydrogen-bond acceptors (Lipinski definition) is 3. The molecular formula is C13H26N2O. The van der Waals surface area contributed by atoms with Gasteiger partial charge in [-0.1, -0.05) is 13.8 Å². The van der Waals surface area contributed by atoms with E-state index in [4.69, 9.17) is 4.74 Å². The summed E-state index contributed by atoms with van der Waals surface area (Å²) in [7, 11) is 3.92. The largest absolute Gasteiger partial charge is 0.381 e. The van der Waals surface area contributed by atoms with E-state index < -0.39 is 0 Å². The Bertz CT molecular complexity index is 234. The van der Waals surface area contributed by atoms with Crippen molar-refractivity contribution in [2.45, 2.75) is 51.3 Å². The summed E-state index contributed by atoms with van der Waals surface area (Å²) in [5.41, 5.74) is 0.335. The van der Waals surface area contributed by atoms with Crippen LogP contribution in [-0.4, -0.2) is 50.3 Å². The Hall–Kier alpha value is -0.120. The van der Waals surface area contributed by atoms with Crippen LogP contribution in [0.25, 0.3) is 0 Å². The fourth-order valence-corrected chi connectivity index (χ4v) is 3.38. The van der Waals surface area contributed by atoms with E-state index >= 15 is 0 Å². The lowest BCUT2D eigenvalue weighted by Gasteiger charge is -2.56. The summed E-state index contributed by atoms with van der Waals surface area (Å²) in [6, 6.07) is 1.47. The van der Waals surface area contributed by atoms with Crippen molar-refractivity contribution in [1.82, 2.24) is 10.2 Å². The predicted molar refractivity (Wildman–Crippen MR) is 66.6 cm³/mol. The highest BCUT2D eigenvalue weighted by Crippen LogP contribution is 2.46. The maximum atomic E-state index is 5.53. The van der Waals surface area contributed by atoms with Crippen LogP contribution in [0, 0.1) is 5.41 Å². The van der Waals surface area contributed by atoms with Crippen molar-refractivity contribution < 1.29 is 4.74 Å². The molecular weight excluding hydrogens is 200 g/mol. The van der Waals surface area contributed by atoms with Gasteiger partial charge >= 0.3 is 0 Å². The van der Waals surface area contributed by atoms with E-state index in [-0.39, 0.29) is 0 Å². The molecule has 2 rings (SSSR count). The van der Waals surface area contributed by atoms with Gasteiger partial charge in [0, 0.05) is 24.6 Å². The van der Waals surface area contributed by atoms with Crippen LogP contribution >= 0.6 is 0 Å². The SMILES string of the molecule is CNC1CCN(C2CC(OC)C2(C)C)CC1. The van der Waals surface area contributed by atoms with Crippen LogP contribution in [0.5, 0.6) is 0 Å². The van der Waals surface area contributed by atoms with Crippen molar-refractivity contribution in [2.24, 2.45) is 5.41 Å². The summed E-state index contributed by atoms with van der Waals surface area (Å²) < 4.78 is 5.53. The van der Waals surface area contributed by atoms with E-state index in [0.29, 0.717) is 11.5 Å². The maximum absolute atomic E-state index is 5.53. The Kier molecular flexibility index (Phi) is 3.57. The zero-order valence-electron chi connectivity index (χ0n) is 11.1. The fraction of sp³-hybridized carbons (Fsp3) is 1.00. The number of ether oxygens (including phenoxy) is 1. The third-order valence-corrected chi connectivity index (χ3v) is 4.79. The van der Waals surface area contributed by atoms with Crippen molar-refractivity contribution >= 4 is 0 Å². The van der Waals surface area contributed by atoms with Crippen molar-refractivity contribution in [3.8, 4) is 0 Å². The molecule has 1 aliphatic heterocycles. The lowest BCUT2D eigenvalue weighted by atomic mass is 9.63. The second kappa shape index (κ2) is 4.63. The third-order valence-electron chi connectivity index (χ3n) is 4.79. The summed E-state index contributed by atoms with van der Waals surface area (Å²) in [6.45, 7) is 7.19. The monoisotopic (exact) mass is 226 g/mol. The number of piperidine rings is 1. The lowest BCUT2D eigenvalue weighted by Crippen LogP contribution is -2.63. The van der Waals surface area contributed by atoms with Gasteiger partial charge in [0.25, 0.3) is 0 Å². The van der Waals surface area contributed by atoms with Crippen molar-refractivity contribution in [2.75, 3.05) is 27.2 Å². The summed E-state index contributed by atoms with van der Waals surface area (Å²) >= 11 is 0. The van der Waals surface area contributed by atoms with Crippen LogP contribution in [-0.2, 0) is 4.74 Å². The topological polar surface area (TPSA) is 24.5 Å². The average molecular weight is 226 g/mol. The molecule has 2 unspecified atom stereocenters.